The predicted octanol–water partition coefficient (Wildman–Crippen LogP) is 1.91. The first kappa shape index (κ1) is 13.5. The number of hydrogen-bond acceptors (Lipinski definition) is 3. The van der Waals surface area contributed by atoms with E-state index in [4.69, 9.17) is 9.47 Å². The van der Waals surface area contributed by atoms with Gasteiger partial charge in [-0.15, -0.1) is 0 Å². The van der Waals surface area contributed by atoms with Gasteiger partial charge in [-0.3, -0.25) is 4.79 Å². The van der Waals surface area contributed by atoms with Crippen LogP contribution in [0.2, 0.25) is 0 Å². The third-order valence-corrected chi connectivity index (χ3v) is 2.43. The van der Waals surface area contributed by atoms with Crippen molar-refractivity contribution in [2.24, 2.45) is 0 Å². The van der Waals surface area contributed by atoms with Crippen molar-refractivity contribution in [3.8, 4) is 5.75 Å². The Labute approximate surface area is 102 Å². The summed E-state index contributed by atoms with van der Waals surface area (Å²) in [5.41, 5.74) is 1.04. The Morgan fingerprint density at radius 3 is 2.53 bits per heavy atom. The van der Waals surface area contributed by atoms with Gasteiger partial charge in [0.2, 0.25) is 5.91 Å². The van der Waals surface area contributed by atoms with Crippen LogP contribution in [0, 0.1) is 0 Å². The van der Waals surface area contributed by atoms with Crippen LogP contribution in [0.1, 0.15) is 25.5 Å². The third kappa shape index (κ3) is 4.44. The maximum atomic E-state index is 11.4. The predicted molar refractivity (Wildman–Crippen MR) is 66.0 cm³/mol. The lowest BCUT2D eigenvalue weighted by Crippen LogP contribution is -2.30. The molecule has 17 heavy (non-hydrogen) atoms. The molecule has 0 aromatic heterocycles. The quantitative estimate of drug-likeness (QED) is 0.822. The lowest BCUT2D eigenvalue weighted by Gasteiger charge is -2.14. The van der Waals surface area contributed by atoms with E-state index in [-0.39, 0.29) is 18.6 Å². The number of carbonyl (C=O) groups excluding carboxylic acids is 1. The molecule has 0 aliphatic rings. The molecular formula is C13H19NO3. The van der Waals surface area contributed by atoms with Gasteiger partial charge in [0.25, 0.3) is 0 Å². The summed E-state index contributed by atoms with van der Waals surface area (Å²) >= 11 is 0. The van der Waals surface area contributed by atoms with Crippen LogP contribution >= 0.6 is 0 Å². The summed E-state index contributed by atoms with van der Waals surface area (Å²) in [6.07, 6.45) is 0. The van der Waals surface area contributed by atoms with Crippen molar-refractivity contribution in [1.82, 2.24) is 5.32 Å². The van der Waals surface area contributed by atoms with Gasteiger partial charge in [-0.05, 0) is 31.5 Å². The van der Waals surface area contributed by atoms with Crippen LogP contribution < -0.4 is 10.1 Å². The van der Waals surface area contributed by atoms with Crippen LogP contribution in [0.4, 0.5) is 0 Å². The first-order valence-corrected chi connectivity index (χ1v) is 5.68. The molecule has 0 bridgehead atoms. The fourth-order valence-electron chi connectivity index (χ4n) is 1.45. The highest BCUT2D eigenvalue weighted by Gasteiger charge is 2.09. The number of hydrogen-bond donors (Lipinski definition) is 1. The minimum atomic E-state index is -0.102. The Morgan fingerprint density at radius 1 is 1.35 bits per heavy atom. The number of rotatable bonds is 6. The molecule has 0 unspecified atom stereocenters. The third-order valence-electron chi connectivity index (χ3n) is 2.43. The zero-order chi connectivity index (χ0) is 12.7. The summed E-state index contributed by atoms with van der Waals surface area (Å²) in [5, 5.41) is 2.86. The smallest absolute Gasteiger partial charge is 0.246 e. The number of amides is 1. The molecule has 0 heterocycles. The number of benzene rings is 1. The lowest BCUT2D eigenvalue weighted by molar-refractivity contribution is -0.126. The summed E-state index contributed by atoms with van der Waals surface area (Å²) in [5.74, 6) is 0.705. The van der Waals surface area contributed by atoms with E-state index in [1.54, 1.807) is 7.11 Å². The van der Waals surface area contributed by atoms with E-state index in [9.17, 15) is 4.79 Å². The fraction of sp³-hybridized carbons (Fsp3) is 0.462. The van der Waals surface area contributed by atoms with Crippen LogP contribution in [0.15, 0.2) is 24.3 Å². The van der Waals surface area contributed by atoms with E-state index in [0.29, 0.717) is 6.61 Å². The normalized spacial score (nSPS) is 11.9. The van der Waals surface area contributed by atoms with Gasteiger partial charge in [-0.1, -0.05) is 12.1 Å². The molecule has 1 aromatic carbocycles. The van der Waals surface area contributed by atoms with Crippen molar-refractivity contribution < 1.29 is 14.3 Å². The lowest BCUT2D eigenvalue weighted by atomic mass is 10.1. The molecular weight excluding hydrogens is 218 g/mol. The van der Waals surface area contributed by atoms with Crippen molar-refractivity contribution in [3.63, 3.8) is 0 Å². The van der Waals surface area contributed by atoms with Gasteiger partial charge >= 0.3 is 0 Å². The highest BCUT2D eigenvalue weighted by molar-refractivity contribution is 5.77. The van der Waals surface area contributed by atoms with Gasteiger partial charge in [0.1, 0.15) is 12.4 Å². The van der Waals surface area contributed by atoms with E-state index in [1.165, 1.54) is 0 Å². The second-order valence-electron chi connectivity index (χ2n) is 3.70. The summed E-state index contributed by atoms with van der Waals surface area (Å²) in [4.78, 5) is 11.4. The van der Waals surface area contributed by atoms with E-state index in [1.807, 2.05) is 38.1 Å². The summed E-state index contributed by atoms with van der Waals surface area (Å²) in [7, 11) is 1.63. The molecule has 1 rings (SSSR count). The van der Waals surface area contributed by atoms with Crippen LogP contribution in [0.5, 0.6) is 5.75 Å². The molecule has 1 atom stereocenters. The SMILES string of the molecule is CCOCC(=O)N[C@H](C)c1ccc(OC)cc1. The first-order valence-electron chi connectivity index (χ1n) is 5.68. The van der Waals surface area contributed by atoms with Gasteiger partial charge in [0, 0.05) is 6.61 Å². The zero-order valence-corrected chi connectivity index (χ0v) is 10.5. The van der Waals surface area contributed by atoms with Crippen molar-refractivity contribution in [3.05, 3.63) is 29.8 Å². The molecule has 0 fully saturated rings. The Hall–Kier alpha value is -1.55. The second-order valence-corrected chi connectivity index (χ2v) is 3.70. The average molecular weight is 237 g/mol. The number of nitrogens with one attached hydrogen (secondary N) is 1. The Morgan fingerprint density at radius 2 is 2.00 bits per heavy atom. The van der Waals surface area contributed by atoms with E-state index < -0.39 is 0 Å². The maximum Gasteiger partial charge on any atom is 0.246 e. The number of ether oxygens (including phenoxy) is 2. The minimum Gasteiger partial charge on any atom is -0.497 e. The Kier molecular flexibility index (Phi) is 5.49. The van der Waals surface area contributed by atoms with Gasteiger partial charge in [0.05, 0.1) is 13.2 Å². The molecule has 0 aliphatic carbocycles. The van der Waals surface area contributed by atoms with E-state index >= 15 is 0 Å². The molecule has 1 N–H and O–H groups in total. The first-order chi connectivity index (χ1) is 8.17. The van der Waals surface area contributed by atoms with Gasteiger partial charge in [0.15, 0.2) is 0 Å². The molecule has 1 amide bonds. The van der Waals surface area contributed by atoms with Gasteiger partial charge in [-0.25, -0.2) is 0 Å². The molecule has 0 radical (unpaired) electrons. The molecule has 0 aliphatic heterocycles. The number of carbonyl (C=O) groups is 1. The van der Waals surface area contributed by atoms with Crippen LogP contribution in [0.3, 0.4) is 0 Å². The molecule has 4 nitrogen and oxygen atoms in total. The minimum absolute atomic E-state index is 0.0335. The van der Waals surface area contributed by atoms with Gasteiger partial charge < -0.3 is 14.8 Å². The monoisotopic (exact) mass is 237 g/mol. The summed E-state index contributed by atoms with van der Waals surface area (Å²) in [6, 6.07) is 7.59. The second kappa shape index (κ2) is 6.91. The molecule has 0 saturated carbocycles. The van der Waals surface area contributed by atoms with E-state index in [2.05, 4.69) is 5.32 Å². The summed E-state index contributed by atoms with van der Waals surface area (Å²) < 4.78 is 10.1. The van der Waals surface area contributed by atoms with Crippen molar-refractivity contribution in [2.45, 2.75) is 19.9 Å². The van der Waals surface area contributed by atoms with Crippen LogP contribution in [-0.4, -0.2) is 26.2 Å². The largest absolute Gasteiger partial charge is 0.497 e. The average Bonchev–Trinajstić information content (AvgIpc) is 2.36. The molecule has 94 valence electrons. The molecule has 1 aromatic rings. The van der Waals surface area contributed by atoms with Crippen LogP contribution in [0.25, 0.3) is 0 Å². The molecule has 0 spiro atoms. The topological polar surface area (TPSA) is 47.6 Å². The van der Waals surface area contributed by atoms with E-state index in [0.717, 1.165) is 11.3 Å². The molecule has 4 heteroatoms. The fourth-order valence-corrected chi connectivity index (χ4v) is 1.45. The molecule has 0 saturated heterocycles. The van der Waals surface area contributed by atoms with Crippen molar-refractivity contribution in [1.29, 1.82) is 0 Å². The zero-order valence-electron chi connectivity index (χ0n) is 10.5. The Balaban J connectivity index is 2.51. The summed E-state index contributed by atoms with van der Waals surface area (Å²) in [6.45, 7) is 4.45. The Bertz CT molecular complexity index is 348. The van der Waals surface area contributed by atoms with Gasteiger partial charge in [-0.2, -0.15) is 0 Å². The van der Waals surface area contributed by atoms with Crippen molar-refractivity contribution in [2.75, 3.05) is 20.3 Å². The number of methoxy groups -OCH3 is 1. The maximum absolute atomic E-state index is 11.4. The standard InChI is InChI=1S/C13H19NO3/c1-4-17-9-13(15)14-10(2)11-5-7-12(16-3)8-6-11/h5-8,10H,4,9H2,1-3H3,(H,14,15)/t10-/m1/s1. The highest BCUT2D eigenvalue weighted by Crippen LogP contribution is 2.16. The van der Waals surface area contributed by atoms with Crippen molar-refractivity contribution >= 4 is 5.91 Å². The highest BCUT2D eigenvalue weighted by atomic mass is 16.5. The van der Waals surface area contributed by atoms with Crippen LogP contribution in [-0.2, 0) is 9.53 Å².